The number of rotatable bonds is 5. The molecule has 2 heterocycles. The van der Waals surface area contributed by atoms with Crippen LogP contribution >= 0.6 is 0 Å². The Hall–Kier alpha value is -3.15. The quantitative estimate of drug-likeness (QED) is 0.596. The van der Waals surface area contributed by atoms with Crippen LogP contribution in [0.3, 0.4) is 0 Å². The number of hydrogen-bond acceptors (Lipinski definition) is 4. The summed E-state index contributed by atoms with van der Waals surface area (Å²) in [4.78, 5) is 24.6. The van der Waals surface area contributed by atoms with Crippen LogP contribution in [-0.2, 0) is 6.54 Å². The predicted octanol–water partition coefficient (Wildman–Crippen LogP) is 3.75. The van der Waals surface area contributed by atoms with Gasteiger partial charge in [-0.1, -0.05) is 19.1 Å². The Morgan fingerprint density at radius 3 is 2.81 bits per heavy atom. The number of H-pyrrole nitrogens is 1. The van der Waals surface area contributed by atoms with Crippen LogP contribution in [0, 0.1) is 0 Å². The number of imidazole rings is 1. The first-order chi connectivity index (χ1) is 12.7. The Morgan fingerprint density at radius 1 is 1.15 bits per heavy atom. The third kappa shape index (κ3) is 2.73. The normalized spacial score (nSPS) is 11.3. The molecule has 0 unspecified atom stereocenters. The summed E-state index contributed by atoms with van der Waals surface area (Å²) >= 11 is 0. The van der Waals surface area contributed by atoms with Crippen LogP contribution in [0.2, 0.25) is 0 Å². The van der Waals surface area contributed by atoms with Gasteiger partial charge in [0.05, 0.1) is 40.4 Å². The number of aryl methyl sites for hydroxylation is 1. The third-order valence-corrected chi connectivity index (χ3v) is 4.39. The molecule has 132 valence electrons. The van der Waals surface area contributed by atoms with Gasteiger partial charge in [0.15, 0.2) is 0 Å². The molecule has 26 heavy (non-hydrogen) atoms. The molecule has 0 fully saturated rings. The number of nitrogens with one attached hydrogen (secondary N) is 1. The molecule has 1 N–H and O–H groups in total. The van der Waals surface area contributed by atoms with Crippen LogP contribution in [0.25, 0.3) is 33.3 Å². The van der Waals surface area contributed by atoms with Crippen molar-refractivity contribution in [2.75, 3.05) is 6.61 Å². The number of hydrogen-bond donors (Lipinski definition) is 1. The Labute approximate surface area is 150 Å². The van der Waals surface area contributed by atoms with Gasteiger partial charge in [0, 0.05) is 6.54 Å². The molecule has 4 rings (SSSR count). The lowest BCUT2D eigenvalue weighted by Crippen LogP contribution is -2.10. The number of nitrogens with zero attached hydrogens (tertiary/aromatic N) is 3. The zero-order valence-electron chi connectivity index (χ0n) is 14.8. The number of benzene rings is 2. The summed E-state index contributed by atoms with van der Waals surface area (Å²) in [7, 11) is 0. The molecule has 2 aromatic carbocycles. The van der Waals surface area contributed by atoms with Crippen LogP contribution in [-0.4, -0.2) is 26.1 Å². The van der Waals surface area contributed by atoms with Crippen molar-refractivity contribution in [3.05, 3.63) is 53.1 Å². The Bertz CT molecular complexity index is 1140. The lowest BCUT2D eigenvalue weighted by atomic mass is 10.1. The monoisotopic (exact) mass is 348 g/mol. The lowest BCUT2D eigenvalue weighted by molar-refractivity contribution is 0.318. The number of ether oxygens (including phenoxy) is 1. The summed E-state index contributed by atoms with van der Waals surface area (Å²) in [6.07, 6.45) is 2.70. The Morgan fingerprint density at radius 2 is 2.00 bits per heavy atom. The molecular weight excluding hydrogens is 328 g/mol. The van der Waals surface area contributed by atoms with Gasteiger partial charge in [-0.3, -0.25) is 4.79 Å². The smallest absolute Gasteiger partial charge is 0.259 e. The van der Waals surface area contributed by atoms with Gasteiger partial charge in [0.2, 0.25) is 0 Å². The van der Waals surface area contributed by atoms with Gasteiger partial charge in [-0.15, -0.1) is 0 Å². The molecule has 0 atom stereocenters. The van der Waals surface area contributed by atoms with E-state index in [1.54, 1.807) is 12.4 Å². The highest BCUT2D eigenvalue weighted by Gasteiger charge is 2.13. The van der Waals surface area contributed by atoms with E-state index in [9.17, 15) is 4.79 Å². The van der Waals surface area contributed by atoms with E-state index in [1.807, 2.05) is 34.9 Å². The van der Waals surface area contributed by atoms with Crippen LogP contribution < -0.4 is 10.3 Å². The molecular formula is C20H20N4O2. The molecule has 0 saturated heterocycles. The van der Waals surface area contributed by atoms with Crippen molar-refractivity contribution in [2.24, 2.45) is 0 Å². The molecule has 2 aromatic heterocycles. The van der Waals surface area contributed by atoms with E-state index < -0.39 is 0 Å². The number of para-hydroxylation sites is 1. The molecule has 0 amide bonds. The fourth-order valence-electron chi connectivity index (χ4n) is 3.07. The average Bonchev–Trinajstić information content (AvgIpc) is 3.07. The van der Waals surface area contributed by atoms with Gasteiger partial charge >= 0.3 is 0 Å². The molecule has 0 spiro atoms. The minimum absolute atomic E-state index is 0.178. The first-order valence-corrected chi connectivity index (χ1v) is 8.82. The van der Waals surface area contributed by atoms with E-state index in [0.717, 1.165) is 35.3 Å². The average molecular weight is 348 g/mol. The van der Waals surface area contributed by atoms with Crippen molar-refractivity contribution < 1.29 is 4.74 Å². The van der Waals surface area contributed by atoms with Gasteiger partial charge in [0.1, 0.15) is 11.6 Å². The van der Waals surface area contributed by atoms with Crippen molar-refractivity contribution in [1.29, 1.82) is 0 Å². The summed E-state index contributed by atoms with van der Waals surface area (Å²) < 4.78 is 7.85. The second kappa shape index (κ2) is 6.63. The highest BCUT2D eigenvalue weighted by molar-refractivity contribution is 5.93. The Balaban J connectivity index is 1.92. The zero-order valence-corrected chi connectivity index (χ0v) is 14.8. The van der Waals surface area contributed by atoms with Gasteiger partial charge in [0.25, 0.3) is 5.56 Å². The van der Waals surface area contributed by atoms with Crippen LogP contribution in [0.5, 0.6) is 5.75 Å². The Kier molecular flexibility index (Phi) is 4.16. The van der Waals surface area contributed by atoms with Crippen molar-refractivity contribution in [3.63, 3.8) is 0 Å². The maximum atomic E-state index is 12.6. The number of fused-ring (bicyclic) bond motifs is 2. The van der Waals surface area contributed by atoms with Gasteiger partial charge in [-0.25, -0.2) is 9.97 Å². The van der Waals surface area contributed by atoms with E-state index in [4.69, 9.17) is 9.72 Å². The van der Waals surface area contributed by atoms with E-state index in [2.05, 4.69) is 23.8 Å². The van der Waals surface area contributed by atoms with Crippen LogP contribution in [0.15, 0.2) is 47.5 Å². The van der Waals surface area contributed by atoms with E-state index in [0.29, 0.717) is 23.3 Å². The third-order valence-electron chi connectivity index (χ3n) is 4.39. The predicted molar refractivity (Wildman–Crippen MR) is 103 cm³/mol. The lowest BCUT2D eigenvalue weighted by Gasteiger charge is -2.10. The summed E-state index contributed by atoms with van der Waals surface area (Å²) in [5.74, 6) is 1.23. The fourth-order valence-corrected chi connectivity index (χ4v) is 3.07. The fraction of sp³-hybridized carbons (Fsp3) is 0.250. The van der Waals surface area contributed by atoms with Gasteiger partial charge in [-0.05, 0) is 37.6 Å². The summed E-state index contributed by atoms with van der Waals surface area (Å²) in [5, 5.41) is 0.537. The van der Waals surface area contributed by atoms with Crippen LogP contribution in [0.1, 0.15) is 20.3 Å². The molecule has 0 radical (unpaired) electrons. The number of aromatic nitrogens is 4. The van der Waals surface area contributed by atoms with Gasteiger partial charge in [-0.2, -0.15) is 0 Å². The highest BCUT2D eigenvalue weighted by atomic mass is 16.5. The van der Waals surface area contributed by atoms with Crippen molar-refractivity contribution in [3.8, 4) is 17.1 Å². The molecule has 4 aromatic rings. The minimum atomic E-state index is -0.178. The maximum absolute atomic E-state index is 12.6. The number of aromatic amines is 1. The first-order valence-electron chi connectivity index (χ1n) is 8.82. The topological polar surface area (TPSA) is 72.8 Å². The van der Waals surface area contributed by atoms with E-state index >= 15 is 0 Å². The second-order valence-corrected chi connectivity index (χ2v) is 6.15. The minimum Gasteiger partial charge on any atom is -0.493 e. The molecule has 6 nitrogen and oxygen atoms in total. The van der Waals surface area contributed by atoms with E-state index in [-0.39, 0.29) is 5.56 Å². The molecule has 0 aliphatic carbocycles. The molecule has 0 saturated carbocycles. The van der Waals surface area contributed by atoms with Gasteiger partial charge < -0.3 is 14.3 Å². The van der Waals surface area contributed by atoms with Crippen molar-refractivity contribution in [1.82, 2.24) is 19.5 Å². The summed E-state index contributed by atoms with van der Waals surface area (Å²) in [5.41, 5.74) is 3.02. The standard InChI is InChI=1S/C20H20N4O2/c1-3-9-26-18-8-6-5-7-13(18)19-22-15-11-17-16(21-12-24(17)4-2)10-14(15)20(25)23-19/h5-8,10-12H,3-4,9H2,1-2H3,(H,22,23,25). The molecule has 0 aliphatic heterocycles. The first kappa shape index (κ1) is 16.3. The van der Waals surface area contributed by atoms with Crippen molar-refractivity contribution >= 4 is 21.9 Å². The molecule has 0 bridgehead atoms. The van der Waals surface area contributed by atoms with Crippen molar-refractivity contribution in [2.45, 2.75) is 26.8 Å². The highest BCUT2D eigenvalue weighted by Crippen LogP contribution is 2.28. The van der Waals surface area contributed by atoms with E-state index in [1.165, 1.54) is 0 Å². The molecule has 0 aliphatic rings. The summed E-state index contributed by atoms with van der Waals surface area (Å²) in [6, 6.07) is 11.3. The second-order valence-electron chi connectivity index (χ2n) is 6.15. The van der Waals surface area contributed by atoms with Crippen LogP contribution in [0.4, 0.5) is 0 Å². The largest absolute Gasteiger partial charge is 0.493 e. The molecule has 6 heteroatoms. The maximum Gasteiger partial charge on any atom is 0.259 e. The summed E-state index contributed by atoms with van der Waals surface area (Å²) in [6.45, 7) is 5.54. The zero-order chi connectivity index (χ0) is 18.1. The SMILES string of the molecule is CCCOc1ccccc1-c1nc2cc3c(cc2c(=O)[nH]1)ncn3CC.